The van der Waals surface area contributed by atoms with E-state index in [1.165, 1.54) is 38.8 Å². The predicted octanol–water partition coefficient (Wildman–Crippen LogP) is 1.12. The molecule has 0 bridgehead atoms. The van der Waals surface area contributed by atoms with Crippen molar-refractivity contribution in [2.45, 2.75) is 25.7 Å². The largest absolute Gasteiger partial charge is 0.395 e. The summed E-state index contributed by atoms with van der Waals surface area (Å²) in [4.78, 5) is 2.38. The number of aliphatic hydroxyl groups excluding tert-OH is 1. The van der Waals surface area contributed by atoms with Gasteiger partial charge in [0.15, 0.2) is 0 Å². The summed E-state index contributed by atoms with van der Waals surface area (Å²) in [5.41, 5.74) is 0. The molecule has 88 valence electrons. The molecule has 2 rings (SSSR count). The van der Waals surface area contributed by atoms with Gasteiger partial charge in [-0.2, -0.15) is 0 Å². The van der Waals surface area contributed by atoms with Crippen molar-refractivity contribution < 1.29 is 9.84 Å². The molecule has 0 aliphatic carbocycles. The molecule has 2 aliphatic heterocycles. The number of hydrogen-bond donors (Lipinski definition) is 1. The molecule has 2 aliphatic rings. The van der Waals surface area contributed by atoms with E-state index in [0.29, 0.717) is 6.61 Å². The predicted molar refractivity (Wildman–Crippen MR) is 59.8 cm³/mol. The Morgan fingerprint density at radius 3 is 2.20 bits per heavy atom. The van der Waals surface area contributed by atoms with Gasteiger partial charge in [0.1, 0.15) is 0 Å². The fraction of sp³-hybridized carbons (Fsp3) is 1.00. The molecule has 2 saturated heterocycles. The van der Waals surface area contributed by atoms with E-state index in [-0.39, 0.29) is 0 Å². The first-order valence-corrected chi connectivity index (χ1v) is 6.31. The molecule has 1 N–H and O–H groups in total. The van der Waals surface area contributed by atoms with Crippen LogP contribution in [0.2, 0.25) is 0 Å². The van der Waals surface area contributed by atoms with Gasteiger partial charge in [-0.1, -0.05) is 0 Å². The number of hydrogen-bond acceptors (Lipinski definition) is 3. The summed E-state index contributed by atoms with van der Waals surface area (Å²) < 4.78 is 5.41. The van der Waals surface area contributed by atoms with E-state index < -0.39 is 0 Å². The lowest BCUT2D eigenvalue weighted by Gasteiger charge is -2.37. The Hall–Kier alpha value is -0.120. The summed E-state index contributed by atoms with van der Waals surface area (Å²) >= 11 is 0. The Labute approximate surface area is 92.4 Å². The topological polar surface area (TPSA) is 32.7 Å². The third kappa shape index (κ3) is 3.16. The summed E-state index contributed by atoms with van der Waals surface area (Å²) in [6.07, 6.45) is 5.19. The second kappa shape index (κ2) is 5.83. The second-order valence-electron chi connectivity index (χ2n) is 4.85. The van der Waals surface area contributed by atoms with E-state index in [2.05, 4.69) is 4.90 Å². The molecule has 0 aromatic heterocycles. The Bertz CT molecular complexity index is 172. The quantitative estimate of drug-likeness (QED) is 0.762. The maximum Gasteiger partial charge on any atom is 0.0558 e. The molecule has 0 aromatic carbocycles. The molecule has 2 fully saturated rings. The first-order chi connectivity index (χ1) is 7.40. The van der Waals surface area contributed by atoms with Gasteiger partial charge in [-0.25, -0.2) is 0 Å². The number of piperidine rings is 1. The van der Waals surface area contributed by atoms with Crippen LogP contribution in [0, 0.1) is 11.8 Å². The van der Waals surface area contributed by atoms with Crippen LogP contribution in [-0.2, 0) is 4.74 Å². The molecule has 0 aromatic rings. The van der Waals surface area contributed by atoms with E-state index >= 15 is 0 Å². The second-order valence-corrected chi connectivity index (χ2v) is 4.85. The molecule has 3 nitrogen and oxygen atoms in total. The molecular formula is C12H23NO2. The van der Waals surface area contributed by atoms with Crippen LogP contribution in [0.25, 0.3) is 0 Å². The summed E-state index contributed by atoms with van der Waals surface area (Å²) in [5, 5.41) is 8.87. The first kappa shape index (κ1) is 11.4. The van der Waals surface area contributed by atoms with Crippen LogP contribution in [0.15, 0.2) is 0 Å². The highest BCUT2D eigenvalue weighted by molar-refractivity contribution is 4.79. The lowest BCUT2D eigenvalue weighted by molar-refractivity contribution is 0.0288. The SMILES string of the molecule is OCCN1CCC(C2CCOCC2)CC1. The van der Waals surface area contributed by atoms with Crippen molar-refractivity contribution in [1.82, 2.24) is 4.90 Å². The van der Waals surface area contributed by atoms with Crippen LogP contribution in [-0.4, -0.2) is 49.5 Å². The van der Waals surface area contributed by atoms with Gasteiger partial charge in [-0.3, -0.25) is 0 Å². The van der Waals surface area contributed by atoms with Crippen LogP contribution in [0.3, 0.4) is 0 Å². The number of nitrogens with zero attached hydrogens (tertiary/aromatic N) is 1. The summed E-state index contributed by atoms with van der Waals surface area (Å²) in [6.45, 7) is 5.48. The van der Waals surface area contributed by atoms with E-state index in [9.17, 15) is 0 Å². The number of β-amino-alcohol motifs (C(OH)–C–C–N with tert-alkyl or cyclic N) is 1. The standard InChI is InChI=1S/C12H23NO2/c14-8-7-13-5-1-11(2-6-13)12-3-9-15-10-4-12/h11-12,14H,1-10H2. The molecule has 0 saturated carbocycles. The summed E-state index contributed by atoms with van der Waals surface area (Å²) in [5.74, 6) is 1.83. The zero-order valence-corrected chi connectivity index (χ0v) is 9.53. The van der Waals surface area contributed by atoms with Gasteiger partial charge >= 0.3 is 0 Å². The number of ether oxygens (including phenoxy) is 1. The molecule has 0 radical (unpaired) electrons. The van der Waals surface area contributed by atoms with Crippen molar-refractivity contribution in [2.75, 3.05) is 39.5 Å². The smallest absolute Gasteiger partial charge is 0.0558 e. The fourth-order valence-corrected chi connectivity index (χ4v) is 2.98. The van der Waals surface area contributed by atoms with E-state index in [0.717, 1.165) is 31.6 Å². The first-order valence-electron chi connectivity index (χ1n) is 6.31. The van der Waals surface area contributed by atoms with Crippen molar-refractivity contribution in [3.63, 3.8) is 0 Å². The van der Waals surface area contributed by atoms with Crippen molar-refractivity contribution in [2.24, 2.45) is 11.8 Å². The van der Waals surface area contributed by atoms with Crippen LogP contribution in [0.5, 0.6) is 0 Å². The van der Waals surface area contributed by atoms with Crippen LogP contribution < -0.4 is 0 Å². The van der Waals surface area contributed by atoms with Crippen molar-refractivity contribution in [1.29, 1.82) is 0 Å². The van der Waals surface area contributed by atoms with Gasteiger partial charge < -0.3 is 14.7 Å². The van der Waals surface area contributed by atoms with Gasteiger partial charge in [0.25, 0.3) is 0 Å². The van der Waals surface area contributed by atoms with Crippen LogP contribution >= 0.6 is 0 Å². The van der Waals surface area contributed by atoms with Gasteiger partial charge in [0.2, 0.25) is 0 Å². The summed E-state index contributed by atoms with van der Waals surface area (Å²) in [6, 6.07) is 0. The summed E-state index contributed by atoms with van der Waals surface area (Å²) in [7, 11) is 0. The fourth-order valence-electron chi connectivity index (χ4n) is 2.98. The zero-order chi connectivity index (χ0) is 10.5. The Morgan fingerprint density at radius 2 is 1.60 bits per heavy atom. The normalized spacial score (nSPS) is 27.0. The van der Waals surface area contributed by atoms with Gasteiger partial charge in [-0.05, 0) is 50.6 Å². The maximum absolute atomic E-state index is 8.87. The number of rotatable bonds is 3. The molecule has 15 heavy (non-hydrogen) atoms. The highest BCUT2D eigenvalue weighted by Gasteiger charge is 2.27. The van der Waals surface area contributed by atoms with E-state index in [4.69, 9.17) is 9.84 Å². The Morgan fingerprint density at radius 1 is 1.00 bits per heavy atom. The minimum absolute atomic E-state index is 0.307. The molecular weight excluding hydrogens is 190 g/mol. The molecule has 2 heterocycles. The molecule has 0 amide bonds. The molecule has 0 spiro atoms. The third-order valence-corrected chi connectivity index (χ3v) is 3.98. The van der Waals surface area contributed by atoms with Crippen molar-refractivity contribution in [3.8, 4) is 0 Å². The van der Waals surface area contributed by atoms with Gasteiger partial charge in [0, 0.05) is 19.8 Å². The number of likely N-dealkylation sites (tertiary alicyclic amines) is 1. The van der Waals surface area contributed by atoms with Gasteiger partial charge in [0.05, 0.1) is 6.61 Å². The van der Waals surface area contributed by atoms with Gasteiger partial charge in [-0.15, -0.1) is 0 Å². The van der Waals surface area contributed by atoms with E-state index in [1.807, 2.05) is 0 Å². The third-order valence-electron chi connectivity index (χ3n) is 3.98. The maximum atomic E-state index is 8.87. The van der Waals surface area contributed by atoms with Crippen molar-refractivity contribution in [3.05, 3.63) is 0 Å². The average Bonchev–Trinajstić information content (AvgIpc) is 2.32. The minimum Gasteiger partial charge on any atom is -0.395 e. The number of aliphatic hydroxyl groups is 1. The average molecular weight is 213 g/mol. The molecule has 3 heteroatoms. The monoisotopic (exact) mass is 213 g/mol. The molecule has 0 atom stereocenters. The highest BCUT2D eigenvalue weighted by atomic mass is 16.5. The Kier molecular flexibility index (Phi) is 4.42. The lowest BCUT2D eigenvalue weighted by Crippen LogP contribution is -2.38. The van der Waals surface area contributed by atoms with Crippen molar-refractivity contribution >= 4 is 0 Å². The lowest BCUT2D eigenvalue weighted by atomic mass is 9.80. The minimum atomic E-state index is 0.307. The highest BCUT2D eigenvalue weighted by Crippen LogP contribution is 2.31. The molecule has 0 unspecified atom stereocenters. The van der Waals surface area contributed by atoms with E-state index in [1.54, 1.807) is 0 Å². The Balaban J connectivity index is 1.72. The van der Waals surface area contributed by atoms with Crippen LogP contribution in [0.1, 0.15) is 25.7 Å². The zero-order valence-electron chi connectivity index (χ0n) is 9.53. The van der Waals surface area contributed by atoms with Crippen LogP contribution in [0.4, 0.5) is 0 Å².